The van der Waals surface area contributed by atoms with Gasteiger partial charge in [0.15, 0.2) is 0 Å². The Morgan fingerprint density at radius 3 is 2.75 bits per heavy atom. The zero-order chi connectivity index (χ0) is 14.9. The Hall–Kier alpha value is -1.81. The molecule has 106 valence electrons. The molecule has 5 heteroatoms. The molecule has 20 heavy (non-hydrogen) atoms. The van der Waals surface area contributed by atoms with Crippen LogP contribution < -0.4 is 5.73 Å². The molecule has 0 unspecified atom stereocenters. The lowest BCUT2D eigenvalue weighted by atomic mass is 9.93. The van der Waals surface area contributed by atoms with E-state index in [1.165, 1.54) is 6.08 Å². The molecule has 0 radical (unpaired) electrons. The second kappa shape index (κ2) is 5.67. The number of primary amides is 1. The van der Waals surface area contributed by atoms with Crippen LogP contribution in [0.3, 0.4) is 0 Å². The van der Waals surface area contributed by atoms with Crippen molar-refractivity contribution in [2.24, 2.45) is 11.7 Å². The van der Waals surface area contributed by atoms with E-state index >= 15 is 0 Å². The van der Waals surface area contributed by atoms with E-state index in [2.05, 4.69) is 0 Å². The molecule has 0 fully saturated rings. The first-order valence-corrected chi connectivity index (χ1v) is 6.85. The number of hydrogen-bond acceptors (Lipinski definition) is 2. The molecule has 2 amide bonds. The largest absolute Gasteiger partial charge is 0.366 e. The van der Waals surface area contributed by atoms with Crippen LogP contribution in [0.2, 0.25) is 5.02 Å². The molecule has 2 N–H and O–H groups in total. The van der Waals surface area contributed by atoms with Crippen molar-refractivity contribution >= 4 is 29.0 Å². The zero-order valence-electron chi connectivity index (χ0n) is 11.5. The fourth-order valence-corrected chi connectivity index (χ4v) is 2.56. The number of nitrogens with two attached hydrogens (primary N) is 1. The zero-order valence-corrected chi connectivity index (χ0v) is 12.3. The van der Waals surface area contributed by atoms with Crippen LogP contribution in [0.1, 0.15) is 29.8 Å². The molecule has 1 aromatic carbocycles. The Balaban J connectivity index is 2.50. The summed E-state index contributed by atoms with van der Waals surface area (Å²) in [6.45, 7) is 5.10. The van der Waals surface area contributed by atoms with E-state index < -0.39 is 5.91 Å². The van der Waals surface area contributed by atoms with Crippen LogP contribution >= 0.6 is 11.6 Å². The van der Waals surface area contributed by atoms with E-state index in [4.69, 9.17) is 17.3 Å². The first kappa shape index (κ1) is 14.6. The summed E-state index contributed by atoms with van der Waals surface area (Å²) in [4.78, 5) is 25.4. The molecule has 1 aromatic rings. The number of benzene rings is 1. The molecule has 0 aliphatic carbocycles. The fraction of sp³-hybridized carbons (Fsp3) is 0.333. The lowest BCUT2D eigenvalue weighted by molar-refractivity contribution is -0.113. The summed E-state index contributed by atoms with van der Waals surface area (Å²) in [5, 5.41) is 0.502. The van der Waals surface area contributed by atoms with Gasteiger partial charge in [-0.3, -0.25) is 9.59 Å². The number of carbonyl (C=O) groups is 2. The monoisotopic (exact) mass is 292 g/mol. The van der Waals surface area contributed by atoms with Gasteiger partial charge in [-0.2, -0.15) is 0 Å². The SMILES string of the molecule is CC(C)CN1C/C(=C\C(N)=O)c2ccc(Cl)cc2C1=O. The minimum Gasteiger partial charge on any atom is -0.366 e. The molecule has 4 nitrogen and oxygen atoms in total. The Morgan fingerprint density at radius 2 is 2.15 bits per heavy atom. The Bertz CT molecular complexity index is 594. The Kier molecular flexibility index (Phi) is 4.14. The molecular weight excluding hydrogens is 276 g/mol. The normalized spacial score (nSPS) is 16.7. The predicted octanol–water partition coefficient (Wildman–Crippen LogP) is 2.32. The number of hydrogen-bond donors (Lipinski definition) is 1. The average Bonchev–Trinajstić information content (AvgIpc) is 2.33. The standard InChI is InChI=1S/C15H17ClN2O2/c1-9(2)7-18-8-10(5-14(17)19)12-4-3-11(16)6-13(12)15(18)20/h3-6,9H,7-8H2,1-2H3,(H2,17,19)/b10-5+. The maximum absolute atomic E-state index is 12.5. The van der Waals surface area contributed by atoms with E-state index in [-0.39, 0.29) is 5.91 Å². The first-order chi connectivity index (χ1) is 9.38. The van der Waals surface area contributed by atoms with E-state index in [9.17, 15) is 9.59 Å². The van der Waals surface area contributed by atoms with Gasteiger partial charge < -0.3 is 10.6 Å². The third-order valence-corrected chi connectivity index (χ3v) is 3.34. The van der Waals surface area contributed by atoms with Gasteiger partial charge >= 0.3 is 0 Å². The minimum absolute atomic E-state index is 0.0576. The highest BCUT2D eigenvalue weighted by Gasteiger charge is 2.28. The quantitative estimate of drug-likeness (QED) is 0.869. The summed E-state index contributed by atoms with van der Waals surface area (Å²) in [5.41, 5.74) is 7.26. The molecule has 0 aromatic heterocycles. The lowest BCUT2D eigenvalue weighted by Gasteiger charge is -2.31. The van der Waals surface area contributed by atoms with Crippen molar-refractivity contribution < 1.29 is 9.59 Å². The summed E-state index contributed by atoms with van der Waals surface area (Å²) in [5.74, 6) is -0.230. The van der Waals surface area contributed by atoms with Gasteiger partial charge in [-0.15, -0.1) is 0 Å². The van der Waals surface area contributed by atoms with Gasteiger partial charge in [-0.25, -0.2) is 0 Å². The predicted molar refractivity (Wildman–Crippen MR) is 79.4 cm³/mol. The first-order valence-electron chi connectivity index (χ1n) is 6.47. The number of rotatable bonds is 3. The molecule has 2 rings (SSSR count). The second-order valence-electron chi connectivity index (χ2n) is 5.34. The molecule has 0 bridgehead atoms. The summed E-state index contributed by atoms with van der Waals surface area (Å²) < 4.78 is 0. The summed E-state index contributed by atoms with van der Waals surface area (Å²) in [6, 6.07) is 5.11. The van der Waals surface area contributed by atoms with E-state index in [0.717, 1.165) is 11.1 Å². The van der Waals surface area contributed by atoms with Gasteiger partial charge in [0.05, 0.1) is 0 Å². The molecule has 0 saturated carbocycles. The highest BCUT2D eigenvalue weighted by molar-refractivity contribution is 6.31. The van der Waals surface area contributed by atoms with Crippen LogP contribution in [0, 0.1) is 5.92 Å². The van der Waals surface area contributed by atoms with Crippen molar-refractivity contribution in [1.29, 1.82) is 0 Å². The summed E-state index contributed by atoms with van der Waals surface area (Å²) >= 11 is 5.97. The van der Waals surface area contributed by atoms with Crippen molar-refractivity contribution in [2.45, 2.75) is 13.8 Å². The molecule has 1 aliphatic rings. The number of halogens is 1. The fourth-order valence-electron chi connectivity index (χ4n) is 2.39. The highest BCUT2D eigenvalue weighted by atomic mass is 35.5. The van der Waals surface area contributed by atoms with Crippen LogP contribution in [0.4, 0.5) is 0 Å². The van der Waals surface area contributed by atoms with Crippen LogP contribution in [-0.4, -0.2) is 29.8 Å². The molecule has 0 saturated heterocycles. The van der Waals surface area contributed by atoms with Gasteiger partial charge in [-0.05, 0) is 29.2 Å². The number of nitrogens with zero attached hydrogens (tertiary/aromatic N) is 1. The molecular formula is C15H17ClN2O2. The molecule has 1 heterocycles. The maximum atomic E-state index is 12.5. The van der Waals surface area contributed by atoms with Crippen LogP contribution in [-0.2, 0) is 4.79 Å². The smallest absolute Gasteiger partial charge is 0.254 e. The van der Waals surface area contributed by atoms with Gasteiger partial charge in [-0.1, -0.05) is 31.5 Å². The molecule has 1 aliphatic heterocycles. The van der Waals surface area contributed by atoms with Crippen molar-refractivity contribution in [3.8, 4) is 0 Å². The maximum Gasteiger partial charge on any atom is 0.254 e. The third-order valence-electron chi connectivity index (χ3n) is 3.11. The van der Waals surface area contributed by atoms with E-state index in [0.29, 0.717) is 29.6 Å². The number of carbonyl (C=O) groups excluding carboxylic acids is 2. The van der Waals surface area contributed by atoms with Gasteiger partial charge in [0.1, 0.15) is 0 Å². The van der Waals surface area contributed by atoms with Crippen LogP contribution in [0.15, 0.2) is 24.3 Å². The third kappa shape index (κ3) is 3.02. The Morgan fingerprint density at radius 1 is 1.45 bits per heavy atom. The lowest BCUT2D eigenvalue weighted by Crippen LogP contribution is -2.39. The van der Waals surface area contributed by atoms with E-state index in [1.54, 1.807) is 23.1 Å². The molecule has 0 spiro atoms. The summed E-state index contributed by atoms with van der Waals surface area (Å²) in [6.07, 6.45) is 1.38. The van der Waals surface area contributed by atoms with Gasteiger partial charge in [0, 0.05) is 29.8 Å². The minimum atomic E-state index is -0.514. The van der Waals surface area contributed by atoms with E-state index in [1.807, 2.05) is 13.8 Å². The Labute approximate surface area is 123 Å². The van der Waals surface area contributed by atoms with Crippen molar-refractivity contribution in [3.05, 3.63) is 40.4 Å². The average molecular weight is 293 g/mol. The topological polar surface area (TPSA) is 63.4 Å². The van der Waals surface area contributed by atoms with Crippen LogP contribution in [0.25, 0.3) is 5.57 Å². The van der Waals surface area contributed by atoms with Crippen molar-refractivity contribution in [1.82, 2.24) is 4.90 Å². The molecule has 0 atom stereocenters. The second-order valence-corrected chi connectivity index (χ2v) is 5.78. The number of fused-ring (bicyclic) bond motifs is 1. The number of amides is 2. The van der Waals surface area contributed by atoms with Gasteiger partial charge in [0.25, 0.3) is 5.91 Å². The van der Waals surface area contributed by atoms with Crippen molar-refractivity contribution in [3.63, 3.8) is 0 Å². The van der Waals surface area contributed by atoms with Crippen LogP contribution in [0.5, 0.6) is 0 Å². The van der Waals surface area contributed by atoms with Gasteiger partial charge in [0.2, 0.25) is 5.91 Å². The van der Waals surface area contributed by atoms with Crippen molar-refractivity contribution in [2.75, 3.05) is 13.1 Å². The summed E-state index contributed by atoms with van der Waals surface area (Å²) in [7, 11) is 0. The highest BCUT2D eigenvalue weighted by Crippen LogP contribution is 2.30.